The second-order valence-corrected chi connectivity index (χ2v) is 1.34. The molecule has 0 aromatic rings. The van der Waals surface area contributed by atoms with E-state index in [1.807, 2.05) is 0 Å². The summed E-state index contributed by atoms with van der Waals surface area (Å²) in [6.07, 6.45) is 0. The fourth-order valence-electron chi connectivity index (χ4n) is 0. The Bertz CT molecular complexity index is 117. The van der Waals surface area contributed by atoms with Crippen molar-refractivity contribution in [2.75, 3.05) is 0 Å². The molecule has 0 saturated heterocycles. The molecule has 0 fully saturated rings. The minimum absolute atomic E-state index is 0. The summed E-state index contributed by atoms with van der Waals surface area (Å²) in [4.78, 5) is 0. The third-order valence-corrected chi connectivity index (χ3v) is 0. The maximum Gasteiger partial charge on any atom is 2.00 e. The standard InChI is InChI=1S/Al.Ca.K.Na.H2O4S.H2O.7H/c;;;;1-5(2,3)4;;;;;;;;/h;;;;(H2,1,2,3,4);1H2;;;;;;;/q;+2;2*+1;;;;;;4*-1. The van der Waals surface area contributed by atoms with E-state index >= 15 is 0 Å². The first-order chi connectivity index (χ1) is 2.00. The average molecular weight is 252 g/mol. The van der Waals surface area contributed by atoms with E-state index in [0.717, 1.165) is 0 Å². The van der Waals surface area contributed by atoms with E-state index in [-0.39, 0.29) is 147 Å². The smallest absolute Gasteiger partial charge is 1.00 e. The number of hydrogen-bond acceptors (Lipinski definition) is 2. The van der Waals surface area contributed by atoms with E-state index in [9.17, 15) is 0 Å². The molecule has 10 heteroatoms. The first-order valence-electron chi connectivity index (χ1n) is 0.698. The molecule has 4 N–H and O–H groups in total. The molecule has 0 amide bonds. The normalized spacial score (nSPS) is 5.80. The van der Waals surface area contributed by atoms with E-state index in [1.165, 1.54) is 0 Å². The summed E-state index contributed by atoms with van der Waals surface area (Å²) in [7, 11) is -4.67. The van der Waals surface area contributed by atoms with Gasteiger partial charge in [-0.2, -0.15) is 8.42 Å². The molecule has 5 nitrogen and oxygen atoms in total. The van der Waals surface area contributed by atoms with Gasteiger partial charge in [0.2, 0.25) is 0 Å². The van der Waals surface area contributed by atoms with Crippen LogP contribution in [-0.4, -0.2) is 78.1 Å². The Kier molecular flexibility index (Phi) is 69.6. The van der Waals surface area contributed by atoms with Gasteiger partial charge >= 0.3 is 129 Å². The van der Waals surface area contributed by atoms with Crippen molar-refractivity contribution >= 4 is 65.5 Å². The summed E-state index contributed by atoms with van der Waals surface area (Å²) in [5.41, 5.74) is 0. The Morgan fingerprint density at radius 1 is 1.20 bits per heavy atom. The zero-order valence-electron chi connectivity index (χ0n) is 9.33. The van der Waals surface area contributed by atoms with Crippen molar-refractivity contribution in [2.45, 2.75) is 0 Å². The molecule has 0 saturated carbocycles. The van der Waals surface area contributed by atoms with Crippen molar-refractivity contribution in [3.05, 3.63) is 0 Å². The summed E-state index contributed by atoms with van der Waals surface area (Å²) >= 11 is 0. The molecule has 0 radical (unpaired) electrons. The van der Waals surface area contributed by atoms with E-state index in [1.54, 1.807) is 0 Å². The summed E-state index contributed by atoms with van der Waals surface area (Å²) in [6, 6.07) is 0. The van der Waals surface area contributed by atoms with Crippen LogP contribution in [0, 0.1) is 0 Å². The topological polar surface area (TPSA) is 106 Å². The predicted octanol–water partition coefficient (Wildman–Crippen LogP) is -8.58. The van der Waals surface area contributed by atoms with Gasteiger partial charge in [0.25, 0.3) is 0 Å². The van der Waals surface area contributed by atoms with Gasteiger partial charge in [-0.3, -0.25) is 9.11 Å². The minimum atomic E-state index is -4.67. The summed E-state index contributed by atoms with van der Waals surface area (Å²) in [5.74, 6) is 0. The van der Waals surface area contributed by atoms with Gasteiger partial charge in [-0.25, -0.2) is 0 Å². The Morgan fingerprint density at radius 3 is 1.20 bits per heavy atom. The van der Waals surface area contributed by atoms with Crippen LogP contribution < -0.4 is 80.9 Å². The molecule has 0 bridgehead atoms. The zero-order chi connectivity index (χ0) is 4.50. The largest absolute Gasteiger partial charge is 2.00 e. The molecule has 0 aliphatic rings. The summed E-state index contributed by atoms with van der Waals surface area (Å²) in [6.45, 7) is 0. The Hall–Kier alpha value is 4.26. The van der Waals surface area contributed by atoms with Crippen LogP contribution in [0.5, 0.6) is 0 Å². The van der Waals surface area contributed by atoms with E-state index in [0.29, 0.717) is 0 Å². The molecule has 0 unspecified atom stereocenters. The van der Waals surface area contributed by atoms with Crippen LogP contribution in [0.25, 0.3) is 0 Å². The van der Waals surface area contributed by atoms with Crippen molar-refractivity contribution in [3.63, 3.8) is 0 Å². The van der Waals surface area contributed by atoms with Gasteiger partial charge in [-0.15, -0.1) is 0 Å². The van der Waals surface area contributed by atoms with E-state index in [4.69, 9.17) is 17.5 Å². The minimum Gasteiger partial charge on any atom is -1.00 e. The maximum absolute atomic E-state index is 8.74. The van der Waals surface area contributed by atoms with Crippen molar-refractivity contribution < 1.29 is 110 Å². The molecule has 10 heavy (non-hydrogen) atoms. The van der Waals surface area contributed by atoms with Gasteiger partial charge in [0.15, 0.2) is 17.4 Å². The molecule has 54 valence electrons. The van der Waals surface area contributed by atoms with Crippen LogP contribution in [0.1, 0.15) is 5.71 Å². The molecule has 0 aromatic carbocycles. The van der Waals surface area contributed by atoms with Gasteiger partial charge in [-0.1, -0.05) is 0 Å². The molecule has 0 atom stereocenters. The van der Waals surface area contributed by atoms with Crippen LogP contribution >= 0.6 is 0 Å². The first-order valence-corrected chi connectivity index (χ1v) is 2.10. The third kappa shape index (κ3) is 85.7. The quantitative estimate of drug-likeness (QED) is 0.330. The van der Waals surface area contributed by atoms with Crippen molar-refractivity contribution in [1.29, 1.82) is 0 Å². The SMILES string of the molecule is O.O=S(=O)(O)O.[AlH3].[Ca+2].[H-].[H-].[H-].[H-].[K+].[Na+]. The Morgan fingerprint density at radius 2 is 1.20 bits per heavy atom. The third-order valence-electron chi connectivity index (χ3n) is 0. The van der Waals surface area contributed by atoms with Crippen LogP contribution in [0.2, 0.25) is 0 Å². The van der Waals surface area contributed by atoms with Crippen LogP contribution in [0.3, 0.4) is 0 Å². The van der Waals surface area contributed by atoms with E-state index in [2.05, 4.69) is 0 Å². The average Bonchev–Trinajstić information content (AvgIpc) is 0.722. The molecule has 0 spiro atoms. The van der Waals surface area contributed by atoms with Crippen LogP contribution in [-0.2, 0) is 10.4 Å². The Balaban J connectivity index is -0.00000000222. The molecule has 0 aliphatic heterocycles. The van der Waals surface area contributed by atoms with Crippen LogP contribution in [0.15, 0.2) is 0 Å². The first kappa shape index (κ1) is 36.8. The fourth-order valence-corrected chi connectivity index (χ4v) is 0. The van der Waals surface area contributed by atoms with Gasteiger partial charge in [-0.05, 0) is 0 Å². The van der Waals surface area contributed by atoms with Gasteiger partial charge in [0.05, 0.1) is 0 Å². The fraction of sp³-hybridized carbons (Fsp3) is 0. The summed E-state index contributed by atoms with van der Waals surface area (Å²) in [5, 5.41) is 0. The van der Waals surface area contributed by atoms with Gasteiger partial charge in [0.1, 0.15) is 0 Å². The predicted molar refractivity (Wildman–Crippen MR) is 37.9 cm³/mol. The van der Waals surface area contributed by atoms with Crippen molar-refractivity contribution in [1.82, 2.24) is 0 Å². The second-order valence-electron chi connectivity index (χ2n) is 0.448. The zero-order valence-corrected chi connectivity index (χ0v) is 13.5. The Labute approximate surface area is 171 Å². The molecule has 0 aliphatic carbocycles. The maximum atomic E-state index is 8.74. The summed E-state index contributed by atoms with van der Waals surface area (Å²) < 4.78 is 31.6. The molecule has 0 heterocycles. The molecule has 0 rings (SSSR count). The van der Waals surface area contributed by atoms with Crippen molar-refractivity contribution in [3.8, 4) is 0 Å². The van der Waals surface area contributed by atoms with Crippen LogP contribution in [0.4, 0.5) is 0 Å². The van der Waals surface area contributed by atoms with Crippen molar-refractivity contribution in [2.24, 2.45) is 0 Å². The molecular weight excluding hydrogens is 241 g/mol. The van der Waals surface area contributed by atoms with Gasteiger partial charge < -0.3 is 11.2 Å². The number of rotatable bonds is 0. The monoisotopic (exact) mass is 252 g/mol. The molecule has 0 aromatic heterocycles. The van der Waals surface area contributed by atoms with E-state index < -0.39 is 10.4 Å². The van der Waals surface area contributed by atoms with Gasteiger partial charge in [0, 0.05) is 0 Å². The molecular formula is H11AlCaKNaO5S. The number of hydrogen-bond donors (Lipinski definition) is 2. The second kappa shape index (κ2) is 18.9.